The summed E-state index contributed by atoms with van der Waals surface area (Å²) >= 11 is 0. The third-order valence-electron chi connectivity index (χ3n) is 7.27. The Morgan fingerprint density at radius 3 is 2.25 bits per heavy atom. The van der Waals surface area contributed by atoms with Crippen molar-refractivity contribution in [3.05, 3.63) is 125 Å². The van der Waals surface area contributed by atoms with Crippen LogP contribution in [0.2, 0.25) is 0 Å². The van der Waals surface area contributed by atoms with Gasteiger partial charge in [0.15, 0.2) is 0 Å². The molecule has 0 radical (unpaired) electrons. The molecule has 1 aliphatic heterocycles. The summed E-state index contributed by atoms with van der Waals surface area (Å²) in [4.78, 5) is 31.3. The fourth-order valence-electron chi connectivity index (χ4n) is 5.37. The van der Waals surface area contributed by atoms with E-state index in [1.165, 1.54) is 5.56 Å². The number of imidazole rings is 1. The highest BCUT2D eigenvalue weighted by molar-refractivity contribution is 5.94. The van der Waals surface area contributed by atoms with Crippen molar-refractivity contribution >= 4 is 11.9 Å². The van der Waals surface area contributed by atoms with Crippen LogP contribution in [0.15, 0.2) is 91.3 Å². The minimum atomic E-state index is -0.915. The Bertz CT molecular complexity index is 1370. The summed E-state index contributed by atoms with van der Waals surface area (Å²) in [5, 5.41) is 9.38. The van der Waals surface area contributed by atoms with Crippen LogP contribution in [0.25, 0.3) is 0 Å². The van der Waals surface area contributed by atoms with Gasteiger partial charge in [-0.05, 0) is 54.7 Å². The number of carbonyl (C=O) groups is 2. The van der Waals surface area contributed by atoms with Crippen molar-refractivity contribution in [2.75, 3.05) is 13.1 Å². The largest absolute Gasteiger partial charge is 0.478 e. The van der Waals surface area contributed by atoms with Crippen LogP contribution in [-0.2, 0) is 12.0 Å². The van der Waals surface area contributed by atoms with Crippen LogP contribution in [-0.4, -0.2) is 44.5 Å². The van der Waals surface area contributed by atoms with Gasteiger partial charge in [-0.2, -0.15) is 0 Å². The summed E-state index contributed by atoms with van der Waals surface area (Å²) < 4.78 is 2.16. The Labute approximate surface area is 210 Å². The van der Waals surface area contributed by atoms with Gasteiger partial charge in [-0.3, -0.25) is 4.79 Å². The van der Waals surface area contributed by atoms with E-state index in [1.807, 2.05) is 72.7 Å². The summed E-state index contributed by atoms with van der Waals surface area (Å²) in [5.74, 6) is 0.122. The number of aromatic nitrogens is 2. The molecule has 0 unspecified atom stereocenters. The van der Waals surface area contributed by atoms with Crippen molar-refractivity contribution in [1.29, 1.82) is 0 Å². The number of benzene rings is 3. The minimum Gasteiger partial charge on any atom is -0.478 e. The first-order chi connectivity index (χ1) is 17.5. The summed E-state index contributed by atoms with van der Waals surface area (Å²) in [6.07, 6.45) is 5.36. The third-order valence-corrected chi connectivity index (χ3v) is 7.27. The zero-order valence-corrected chi connectivity index (χ0v) is 20.3. The molecule has 0 saturated carbocycles. The molecule has 0 aliphatic carbocycles. The van der Waals surface area contributed by atoms with Gasteiger partial charge in [0.05, 0.1) is 11.0 Å². The van der Waals surface area contributed by atoms with Crippen molar-refractivity contribution in [3.8, 4) is 0 Å². The number of aryl methyl sites for hydroxylation is 1. The number of piperidine rings is 1. The molecule has 182 valence electrons. The van der Waals surface area contributed by atoms with E-state index in [0.717, 1.165) is 29.8 Å². The summed E-state index contributed by atoms with van der Waals surface area (Å²) in [5.41, 5.74) is 3.67. The lowest BCUT2D eigenvalue weighted by Crippen LogP contribution is -2.47. The van der Waals surface area contributed by atoms with Crippen molar-refractivity contribution in [2.45, 2.75) is 31.7 Å². The molecule has 1 aliphatic rings. The van der Waals surface area contributed by atoms with Crippen molar-refractivity contribution in [3.63, 3.8) is 0 Å². The average Bonchev–Trinajstić information content (AvgIpc) is 3.38. The molecule has 6 heteroatoms. The van der Waals surface area contributed by atoms with Gasteiger partial charge in [-0.15, -0.1) is 0 Å². The molecule has 36 heavy (non-hydrogen) atoms. The summed E-state index contributed by atoms with van der Waals surface area (Å²) in [6, 6.07) is 25.4. The van der Waals surface area contributed by atoms with Crippen LogP contribution in [0.4, 0.5) is 0 Å². The average molecular weight is 480 g/mol. The lowest BCUT2D eigenvalue weighted by molar-refractivity contribution is 0.0676. The van der Waals surface area contributed by atoms with Crippen LogP contribution in [0.3, 0.4) is 0 Å². The first kappa shape index (κ1) is 23.5. The number of hydrogen-bond donors (Lipinski definition) is 1. The topological polar surface area (TPSA) is 75.4 Å². The molecule has 2 heterocycles. The minimum absolute atomic E-state index is 0.0644. The molecule has 5 rings (SSSR count). The van der Waals surface area contributed by atoms with E-state index >= 15 is 0 Å². The first-order valence-corrected chi connectivity index (χ1v) is 12.2. The molecular weight excluding hydrogens is 450 g/mol. The van der Waals surface area contributed by atoms with E-state index in [4.69, 9.17) is 4.98 Å². The number of rotatable bonds is 6. The van der Waals surface area contributed by atoms with Crippen molar-refractivity contribution < 1.29 is 14.7 Å². The zero-order chi connectivity index (χ0) is 25.1. The molecule has 0 atom stereocenters. The van der Waals surface area contributed by atoms with E-state index in [2.05, 4.69) is 28.8 Å². The molecular formula is C30H29N3O3. The standard InChI is InChI=1S/C30H29N3O3/c1-22-20-23(12-13-26(22)28(35)36)21-33-19-16-31-29(33)30(25-10-6-3-7-11-25)14-17-32(18-15-30)27(34)24-8-4-2-5-9-24/h2-13,16,19-20H,14-15,17-18,21H2,1H3,(H,35,36). The Morgan fingerprint density at radius 1 is 0.944 bits per heavy atom. The van der Waals surface area contributed by atoms with Gasteiger partial charge >= 0.3 is 5.97 Å². The predicted molar refractivity (Wildman–Crippen MR) is 138 cm³/mol. The molecule has 1 amide bonds. The zero-order valence-electron chi connectivity index (χ0n) is 20.3. The van der Waals surface area contributed by atoms with E-state index in [9.17, 15) is 14.7 Å². The quantitative estimate of drug-likeness (QED) is 0.415. The van der Waals surface area contributed by atoms with Gasteiger partial charge in [0, 0.05) is 37.6 Å². The van der Waals surface area contributed by atoms with Crippen LogP contribution < -0.4 is 0 Å². The van der Waals surface area contributed by atoms with E-state index in [0.29, 0.717) is 30.8 Å². The van der Waals surface area contributed by atoms with Gasteiger partial charge in [-0.25, -0.2) is 9.78 Å². The van der Waals surface area contributed by atoms with E-state index in [1.54, 1.807) is 6.07 Å². The Kier molecular flexibility index (Phi) is 6.42. The van der Waals surface area contributed by atoms with E-state index in [-0.39, 0.29) is 11.3 Å². The smallest absolute Gasteiger partial charge is 0.335 e. The van der Waals surface area contributed by atoms with Crippen LogP contribution >= 0.6 is 0 Å². The molecule has 1 N–H and O–H groups in total. The molecule has 1 aromatic heterocycles. The maximum Gasteiger partial charge on any atom is 0.335 e. The SMILES string of the molecule is Cc1cc(Cn2ccnc2C2(c3ccccc3)CCN(C(=O)c3ccccc3)CC2)ccc1C(=O)O. The lowest BCUT2D eigenvalue weighted by atomic mass is 9.71. The van der Waals surface area contributed by atoms with Crippen molar-refractivity contribution in [1.82, 2.24) is 14.5 Å². The number of carboxylic acids is 1. The second-order valence-electron chi connectivity index (χ2n) is 9.44. The van der Waals surface area contributed by atoms with E-state index < -0.39 is 5.97 Å². The van der Waals surface area contributed by atoms with Gasteiger partial charge in [0.2, 0.25) is 0 Å². The van der Waals surface area contributed by atoms with Gasteiger partial charge in [-0.1, -0.05) is 60.7 Å². The Hall–Kier alpha value is -4.19. The number of likely N-dealkylation sites (tertiary alicyclic amines) is 1. The summed E-state index contributed by atoms with van der Waals surface area (Å²) in [7, 11) is 0. The highest BCUT2D eigenvalue weighted by Crippen LogP contribution is 2.41. The molecule has 0 spiro atoms. The third kappa shape index (κ3) is 4.42. The fourth-order valence-corrected chi connectivity index (χ4v) is 5.37. The van der Waals surface area contributed by atoms with Gasteiger partial charge in [0.25, 0.3) is 5.91 Å². The molecule has 6 nitrogen and oxygen atoms in total. The summed E-state index contributed by atoms with van der Waals surface area (Å²) in [6.45, 7) is 3.70. The number of amides is 1. The van der Waals surface area contributed by atoms with Crippen LogP contribution in [0.5, 0.6) is 0 Å². The number of hydrogen-bond acceptors (Lipinski definition) is 3. The highest BCUT2D eigenvalue weighted by Gasteiger charge is 2.42. The number of nitrogens with zero attached hydrogens (tertiary/aromatic N) is 3. The number of carboxylic acid groups (broad SMARTS) is 1. The molecule has 0 bridgehead atoms. The normalized spacial score (nSPS) is 15.0. The Balaban J connectivity index is 1.46. The lowest BCUT2D eigenvalue weighted by Gasteiger charge is -2.42. The monoisotopic (exact) mass is 479 g/mol. The van der Waals surface area contributed by atoms with Crippen LogP contribution in [0.1, 0.15) is 56.1 Å². The predicted octanol–water partition coefficient (Wildman–Crippen LogP) is 5.16. The number of carbonyl (C=O) groups excluding carboxylic acids is 1. The molecule has 1 fully saturated rings. The second kappa shape index (κ2) is 9.82. The molecule has 4 aromatic rings. The molecule has 1 saturated heterocycles. The maximum absolute atomic E-state index is 13.1. The molecule has 3 aromatic carbocycles. The fraction of sp³-hybridized carbons (Fsp3) is 0.233. The number of aromatic carboxylic acids is 1. The first-order valence-electron chi connectivity index (χ1n) is 12.2. The van der Waals surface area contributed by atoms with Gasteiger partial charge < -0.3 is 14.6 Å². The van der Waals surface area contributed by atoms with Gasteiger partial charge in [0.1, 0.15) is 5.82 Å². The Morgan fingerprint density at radius 2 is 1.61 bits per heavy atom. The second-order valence-corrected chi connectivity index (χ2v) is 9.44. The highest BCUT2D eigenvalue weighted by atomic mass is 16.4. The maximum atomic E-state index is 13.1. The van der Waals surface area contributed by atoms with Crippen LogP contribution in [0, 0.1) is 6.92 Å². The van der Waals surface area contributed by atoms with Crippen molar-refractivity contribution in [2.24, 2.45) is 0 Å².